The van der Waals surface area contributed by atoms with E-state index in [0.29, 0.717) is 17.2 Å². The van der Waals surface area contributed by atoms with Crippen LogP contribution in [-0.2, 0) is 10.0 Å². The lowest BCUT2D eigenvalue weighted by Gasteiger charge is -2.19. The first-order valence-corrected chi connectivity index (χ1v) is 7.57. The summed E-state index contributed by atoms with van der Waals surface area (Å²) in [4.78, 5) is 10.9. The third-order valence-electron chi connectivity index (χ3n) is 3.11. The molecule has 0 bridgehead atoms. The highest BCUT2D eigenvalue weighted by atomic mass is 32.2. The summed E-state index contributed by atoms with van der Waals surface area (Å²) < 4.78 is 31.4. The quantitative estimate of drug-likeness (QED) is 0.937. The van der Waals surface area contributed by atoms with Crippen LogP contribution in [0.2, 0.25) is 0 Å². The van der Waals surface area contributed by atoms with Crippen molar-refractivity contribution in [3.05, 3.63) is 47.4 Å². The van der Waals surface area contributed by atoms with Crippen molar-refractivity contribution < 1.29 is 22.7 Å². The largest absolute Gasteiger partial charge is 0.478 e. The van der Waals surface area contributed by atoms with Gasteiger partial charge < -0.3 is 9.52 Å². The molecule has 2 aromatic rings. The zero-order valence-electron chi connectivity index (χ0n) is 11.8. The minimum absolute atomic E-state index is 0.0971. The van der Waals surface area contributed by atoms with Gasteiger partial charge in [-0.1, -0.05) is 0 Å². The summed E-state index contributed by atoms with van der Waals surface area (Å²) in [6.45, 7) is 3.26. The average Bonchev–Trinajstić information content (AvgIpc) is 2.77. The summed E-state index contributed by atoms with van der Waals surface area (Å²) in [7, 11) is -2.33. The van der Waals surface area contributed by atoms with Crippen LogP contribution in [0.4, 0.5) is 5.69 Å². The summed E-state index contributed by atoms with van der Waals surface area (Å²) >= 11 is 0. The van der Waals surface area contributed by atoms with Crippen LogP contribution in [0.1, 0.15) is 21.9 Å². The van der Waals surface area contributed by atoms with Crippen LogP contribution in [0.5, 0.6) is 0 Å². The Morgan fingerprint density at radius 2 is 1.76 bits per heavy atom. The molecule has 7 heteroatoms. The van der Waals surface area contributed by atoms with Crippen molar-refractivity contribution in [1.82, 2.24) is 0 Å². The molecule has 0 aliphatic rings. The molecule has 1 aromatic carbocycles. The first-order chi connectivity index (χ1) is 9.73. The van der Waals surface area contributed by atoms with Crippen LogP contribution in [-0.4, -0.2) is 26.5 Å². The molecule has 1 heterocycles. The Morgan fingerprint density at radius 1 is 1.19 bits per heavy atom. The second-order valence-corrected chi connectivity index (χ2v) is 6.54. The van der Waals surface area contributed by atoms with E-state index in [1.165, 1.54) is 37.4 Å². The van der Waals surface area contributed by atoms with Gasteiger partial charge in [0.1, 0.15) is 16.4 Å². The molecule has 0 atom stereocenters. The normalized spacial score (nSPS) is 11.4. The van der Waals surface area contributed by atoms with E-state index in [1.54, 1.807) is 13.8 Å². The lowest BCUT2D eigenvalue weighted by Crippen LogP contribution is -2.26. The van der Waals surface area contributed by atoms with E-state index in [1.807, 2.05) is 0 Å². The topological polar surface area (TPSA) is 87.8 Å². The number of benzene rings is 1. The molecule has 0 radical (unpaired) electrons. The minimum Gasteiger partial charge on any atom is -0.478 e. The molecule has 0 aliphatic heterocycles. The van der Waals surface area contributed by atoms with Gasteiger partial charge in [0.25, 0.3) is 10.0 Å². The van der Waals surface area contributed by atoms with Gasteiger partial charge in [-0.05, 0) is 38.1 Å². The van der Waals surface area contributed by atoms with Crippen LogP contribution in [0.25, 0.3) is 0 Å². The zero-order valence-corrected chi connectivity index (χ0v) is 12.6. The van der Waals surface area contributed by atoms with Crippen LogP contribution < -0.4 is 4.31 Å². The van der Waals surface area contributed by atoms with Crippen molar-refractivity contribution in [3.8, 4) is 0 Å². The number of hydrogen-bond acceptors (Lipinski definition) is 4. The number of sulfonamides is 1. The maximum atomic E-state index is 12.5. The number of anilines is 1. The highest BCUT2D eigenvalue weighted by Crippen LogP contribution is 2.26. The van der Waals surface area contributed by atoms with E-state index in [2.05, 4.69) is 0 Å². The van der Waals surface area contributed by atoms with E-state index in [9.17, 15) is 13.2 Å². The molecule has 1 aromatic heterocycles. The number of carboxylic acids is 1. The smallest absolute Gasteiger partial charge is 0.335 e. The predicted molar refractivity (Wildman–Crippen MR) is 77.2 cm³/mol. The van der Waals surface area contributed by atoms with Gasteiger partial charge in [0.2, 0.25) is 0 Å². The second-order valence-electron chi connectivity index (χ2n) is 4.60. The van der Waals surface area contributed by atoms with Crippen LogP contribution in [0.15, 0.2) is 39.6 Å². The van der Waals surface area contributed by atoms with Gasteiger partial charge in [-0.3, -0.25) is 4.31 Å². The fourth-order valence-corrected chi connectivity index (χ4v) is 3.38. The van der Waals surface area contributed by atoms with Gasteiger partial charge in [0, 0.05) is 13.1 Å². The molecule has 2 rings (SSSR count). The third kappa shape index (κ3) is 2.78. The summed E-state index contributed by atoms with van der Waals surface area (Å²) in [6, 6.07) is 7.08. The number of hydrogen-bond donors (Lipinski definition) is 1. The van der Waals surface area contributed by atoms with Gasteiger partial charge in [0.05, 0.1) is 11.3 Å². The monoisotopic (exact) mass is 309 g/mol. The SMILES string of the molecule is Cc1cc(S(=O)(=O)N(C)c2ccc(C(=O)O)cc2)c(C)o1. The van der Waals surface area contributed by atoms with Crippen molar-refractivity contribution in [2.75, 3.05) is 11.4 Å². The Hall–Kier alpha value is -2.28. The Bertz CT molecular complexity index is 774. The standard InChI is InChI=1S/C14H15NO5S/c1-9-8-13(10(2)20-9)21(18,19)15(3)12-6-4-11(5-7-12)14(16)17/h4-8H,1-3H3,(H,16,17). The average molecular weight is 309 g/mol. The molecule has 0 unspecified atom stereocenters. The molecular weight excluding hydrogens is 294 g/mol. The second kappa shape index (κ2) is 5.25. The molecule has 1 N–H and O–H groups in total. The Morgan fingerprint density at radius 3 is 2.19 bits per heavy atom. The minimum atomic E-state index is -3.74. The summed E-state index contributed by atoms with van der Waals surface area (Å²) in [6.07, 6.45) is 0. The van der Waals surface area contributed by atoms with Crippen molar-refractivity contribution in [2.45, 2.75) is 18.7 Å². The number of furan rings is 1. The molecule has 112 valence electrons. The number of carbonyl (C=O) groups is 1. The molecule has 0 fully saturated rings. The van der Waals surface area contributed by atoms with Crippen LogP contribution >= 0.6 is 0 Å². The summed E-state index contributed by atoms with van der Waals surface area (Å²) in [5, 5.41) is 8.85. The maximum absolute atomic E-state index is 12.5. The lowest BCUT2D eigenvalue weighted by molar-refractivity contribution is 0.0697. The number of aryl methyl sites for hydroxylation is 2. The zero-order chi connectivity index (χ0) is 15.8. The molecule has 6 nitrogen and oxygen atoms in total. The van der Waals surface area contributed by atoms with Gasteiger partial charge in [0.15, 0.2) is 0 Å². The van der Waals surface area contributed by atoms with E-state index in [0.717, 1.165) is 4.31 Å². The van der Waals surface area contributed by atoms with E-state index in [-0.39, 0.29) is 10.5 Å². The number of carboxylic acid groups (broad SMARTS) is 1. The predicted octanol–water partition coefficient (Wildman–Crippen LogP) is 2.42. The molecule has 0 aliphatic carbocycles. The van der Waals surface area contributed by atoms with Gasteiger partial charge >= 0.3 is 5.97 Å². The van der Waals surface area contributed by atoms with Crippen molar-refractivity contribution in [2.24, 2.45) is 0 Å². The molecule has 0 spiro atoms. The first kappa shape index (κ1) is 15.1. The lowest BCUT2D eigenvalue weighted by atomic mass is 10.2. The first-order valence-electron chi connectivity index (χ1n) is 6.13. The molecule has 0 saturated heterocycles. The summed E-state index contributed by atoms with van der Waals surface area (Å²) in [5.74, 6) is -0.226. The third-order valence-corrected chi connectivity index (χ3v) is 5.00. The highest BCUT2D eigenvalue weighted by molar-refractivity contribution is 7.92. The molecule has 0 saturated carbocycles. The Kier molecular flexibility index (Phi) is 3.78. The molecule has 21 heavy (non-hydrogen) atoms. The fourth-order valence-electron chi connectivity index (χ4n) is 1.96. The summed E-state index contributed by atoms with van der Waals surface area (Å²) in [5.41, 5.74) is 0.470. The maximum Gasteiger partial charge on any atom is 0.335 e. The van der Waals surface area contributed by atoms with Crippen molar-refractivity contribution >= 4 is 21.7 Å². The Balaban J connectivity index is 2.40. The van der Waals surface area contributed by atoms with Crippen LogP contribution in [0.3, 0.4) is 0 Å². The van der Waals surface area contributed by atoms with Crippen molar-refractivity contribution in [3.63, 3.8) is 0 Å². The van der Waals surface area contributed by atoms with Crippen molar-refractivity contribution in [1.29, 1.82) is 0 Å². The van der Waals surface area contributed by atoms with Gasteiger partial charge in [-0.15, -0.1) is 0 Å². The van der Waals surface area contributed by atoms with Gasteiger partial charge in [-0.2, -0.15) is 0 Å². The number of rotatable bonds is 4. The highest BCUT2D eigenvalue weighted by Gasteiger charge is 2.26. The number of nitrogens with zero attached hydrogens (tertiary/aromatic N) is 1. The molecular formula is C14H15NO5S. The van der Waals surface area contributed by atoms with E-state index in [4.69, 9.17) is 9.52 Å². The fraction of sp³-hybridized carbons (Fsp3) is 0.214. The van der Waals surface area contributed by atoms with E-state index >= 15 is 0 Å². The molecule has 0 amide bonds. The van der Waals surface area contributed by atoms with Gasteiger partial charge in [-0.25, -0.2) is 13.2 Å². The Labute approximate surface area is 122 Å². The van der Waals surface area contributed by atoms with Crippen LogP contribution in [0, 0.1) is 13.8 Å². The van der Waals surface area contributed by atoms with E-state index < -0.39 is 16.0 Å². The number of aromatic carboxylic acids is 1.